The first kappa shape index (κ1) is 13.6. The summed E-state index contributed by atoms with van der Waals surface area (Å²) in [4.78, 5) is 5.41. The van der Waals surface area contributed by atoms with Gasteiger partial charge in [0.05, 0.1) is 5.56 Å². The van der Waals surface area contributed by atoms with Crippen molar-refractivity contribution >= 4 is 23.1 Å². The summed E-state index contributed by atoms with van der Waals surface area (Å²) in [5, 5.41) is 14.8. The average molecular weight is 301 g/mol. The summed E-state index contributed by atoms with van der Waals surface area (Å²) in [6.07, 6.45) is 2.56. The number of benzene rings is 1. The van der Waals surface area contributed by atoms with Gasteiger partial charge in [-0.3, -0.25) is 0 Å². The molecule has 1 saturated carbocycles. The van der Waals surface area contributed by atoms with Crippen LogP contribution in [0, 0.1) is 18.3 Å². The van der Waals surface area contributed by atoms with Crippen LogP contribution < -0.4 is 5.32 Å². The number of nitriles is 1. The van der Waals surface area contributed by atoms with E-state index in [1.165, 1.54) is 18.4 Å². The SMILES string of the molecule is Cc1csc(Sc2ccc(CNC3CC3)cc2C#N)n1. The molecule has 102 valence electrons. The van der Waals surface area contributed by atoms with Gasteiger partial charge in [0.15, 0.2) is 4.34 Å². The number of aromatic nitrogens is 1. The Balaban J connectivity index is 1.74. The smallest absolute Gasteiger partial charge is 0.154 e. The fraction of sp³-hybridized carbons (Fsp3) is 0.333. The molecule has 0 aliphatic heterocycles. The summed E-state index contributed by atoms with van der Waals surface area (Å²) in [6.45, 7) is 2.83. The molecular formula is C15H15N3S2. The normalized spacial score (nSPS) is 14.2. The van der Waals surface area contributed by atoms with Crippen LogP contribution in [0.5, 0.6) is 0 Å². The van der Waals surface area contributed by atoms with Gasteiger partial charge in [0.2, 0.25) is 0 Å². The third-order valence-electron chi connectivity index (χ3n) is 3.13. The maximum atomic E-state index is 9.32. The van der Waals surface area contributed by atoms with E-state index in [4.69, 9.17) is 0 Å². The number of aryl methyl sites for hydroxylation is 1. The Bertz CT molecular complexity index is 653. The van der Waals surface area contributed by atoms with Gasteiger partial charge in [0.25, 0.3) is 0 Å². The third kappa shape index (κ3) is 3.40. The molecule has 0 saturated heterocycles. The van der Waals surface area contributed by atoms with Crippen LogP contribution >= 0.6 is 23.1 Å². The fourth-order valence-electron chi connectivity index (χ4n) is 1.89. The molecule has 0 atom stereocenters. The van der Waals surface area contributed by atoms with E-state index in [1.54, 1.807) is 23.1 Å². The van der Waals surface area contributed by atoms with Crippen LogP contribution in [0.2, 0.25) is 0 Å². The van der Waals surface area contributed by atoms with E-state index >= 15 is 0 Å². The van der Waals surface area contributed by atoms with E-state index in [1.807, 2.05) is 24.4 Å². The predicted octanol–water partition coefficient (Wildman–Crippen LogP) is 3.73. The lowest BCUT2D eigenvalue weighted by atomic mass is 10.1. The zero-order chi connectivity index (χ0) is 13.9. The summed E-state index contributed by atoms with van der Waals surface area (Å²) in [5.74, 6) is 0. The summed E-state index contributed by atoms with van der Waals surface area (Å²) in [7, 11) is 0. The van der Waals surface area contributed by atoms with Crippen LogP contribution in [0.25, 0.3) is 0 Å². The van der Waals surface area contributed by atoms with Gasteiger partial charge in [-0.15, -0.1) is 11.3 Å². The Morgan fingerprint density at radius 3 is 3.00 bits per heavy atom. The Hall–Kier alpha value is -1.35. The molecular weight excluding hydrogens is 286 g/mol. The number of rotatable bonds is 5. The maximum absolute atomic E-state index is 9.32. The topological polar surface area (TPSA) is 48.7 Å². The van der Waals surface area contributed by atoms with Crippen LogP contribution in [-0.4, -0.2) is 11.0 Å². The number of nitrogens with zero attached hydrogens (tertiary/aromatic N) is 2. The largest absolute Gasteiger partial charge is 0.310 e. The molecule has 1 aromatic carbocycles. The molecule has 2 aromatic rings. The first-order chi connectivity index (χ1) is 9.74. The molecule has 1 aliphatic rings. The highest BCUT2D eigenvalue weighted by Gasteiger charge is 2.20. The van der Waals surface area contributed by atoms with Gasteiger partial charge in [0, 0.05) is 28.6 Å². The molecule has 0 bridgehead atoms. The van der Waals surface area contributed by atoms with E-state index < -0.39 is 0 Å². The monoisotopic (exact) mass is 301 g/mol. The van der Waals surface area contributed by atoms with Crippen LogP contribution in [-0.2, 0) is 6.54 Å². The molecule has 0 spiro atoms. The Morgan fingerprint density at radius 1 is 1.50 bits per heavy atom. The highest BCUT2D eigenvalue weighted by atomic mass is 32.2. The maximum Gasteiger partial charge on any atom is 0.154 e. The lowest BCUT2D eigenvalue weighted by Gasteiger charge is -2.06. The van der Waals surface area contributed by atoms with Crippen molar-refractivity contribution in [2.75, 3.05) is 0 Å². The van der Waals surface area contributed by atoms with E-state index in [2.05, 4.69) is 22.4 Å². The minimum atomic E-state index is 0.688. The van der Waals surface area contributed by atoms with E-state index in [-0.39, 0.29) is 0 Å². The molecule has 1 N–H and O–H groups in total. The second-order valence-electron chi connectivity index (χ2n) is 4.95. The van der Waals surface area contributed by atoms with Crippen molar-refractivity contribution in [3.63, 3.8) is 0 Å². The molecule has 0 amide bonds. The van der Waals surface area contributed by atoms with Crippen molar-refractivity contribution in [1.29, 1.82) is 5.26 Å². The summed E-state index contributed by atoms with van der Waals surface area (Å²) in [5.41, 5.74) is 2.94. The Labute approximate surface area is 127 Å². The zero-order valence-corrected chi connectivity index (χ0v) is 12.9. The third-order valence-corrected chi connectivity index (χ3v) is 5.26. The first-order valence-electron chi connectivity index (χ1n) is 6.61. The molecule has 1 aliphatic carbocycles. The number of hydrogen-bond acceptors (Lipinski definition) is 5. The van der Waals surface area contributed by atoms with Gasteiger partial charge in [0.1, 0.15) is 6.07 Å². The van der Waals surface area contributed by atoms with Gasteiger partial charge >= 0.3 is 0 Å². The van der Waals surface area contributed by atoms with Crippen molar-refractivity contribution in [1.82, 2.24) is 10.3 Å². The lowest BCUT2D eigenvalue weighted by Crippen LogP contribution is -2.15. The lowest BCUT2D eigenvalue weighted by molar-refractivity contribution is 0.687. The summed E-state index contributed by atoms with van der Waals surface area (Å²) in [6, 6.07) is 9.09. The molecule has 20 heavy (non-hydrogen) atoms. The Morgan fingerprint density at radius 2 is 2.35 bits per heavy atom. The van der Waals surface area contributed by atoms with Crippen molar-refractivity contribution in [3.05, 3.63) is 40.4 Å². The standard InChI is InChI=1S/C15H15N3S2/c1-10-9-19-15(18-10)20-14-5-2-11(6-12(14)7-16)8-17-13-3-4-13/h2,5-6,9,13,17H,3-4,8H2,1H3. The second kappa shape index (κ2) is 5.96. The van der Waals surface area contributed by atoms with Gasteiger partial charge in [-0.05, 0) is 37.5 Å². The number of thiazole rings is 1. The number of hydrogen-bond donors (Lipinski definition) is 1. The molecule has 1 heterocycles. The minimum absolute atomic E-state index is 0.688. The fourth-order valence-corrected chi connectivity index (χ4v) is 3.74. The molecule has 0 unspecified atom stereocenters. The molecule has 1 aromatic heterocycles. The van der Waals surface area contributed by atoms with E-state index in [9.17, 15) is 5.26 Å². The quantitative estimate of drug-likeness (QED) is 0.914. The van der Waals surface area contributed by atoms with Crippen LogP contribution in [0.15, 0.2) is 32.8 Å². The van der Waals surface area contributed by atoms with Crippen LogP contribution in [0.1, 0.15) is 29.7 Å². The van der Waals surface area contributed by atoms with Gasteiger partial charge < -0.3 is 5.32 Å². The van der Waals surface area contributed by atoms with Crippen molar-refractivity contribution in [3.8, 4) is 6.07 Å². The predicted molar refractivity (Wildman–Crippen MR) is 82.0 cm³/mol. The van der Waals surface area contributed by atoms with Crippen LogP contribution in [0.3, 0.4) is 0 Å². The molecule has 0 radical (unpaired) electrons. The first-order valence-corrected chi connectivity index (χ1v) is 8.30. The van der Waals surface area contributed by atoms with Crippen molar-refractivity contribution < 1.29 is 0 Å². The van der Waals surface area contributed by atoms with Crippen molar-refractivity contribution in [2.45, 2.75) is 41.6 Å². The zero-order valence-electron chi connectivity index (χ0n) is 11.2. The molecule has 3 nitrogen and oxygen atoms in total. The molecule has 5 heteroatoms. The highest BCUT2D eigenvalue weighted by Crippen LogP contribution is 2.33. The van der Waals surface area contributed by atoms with Gasteiger partial charge in [-0.25, -0.2) is 4.98 Å². The number of nitrogens with one attached hydrogen (secondary N) is 1. The minimum Gasteiger partial charge on any atom is -0.310 e. The summed E-state index contributed by atoms with van der Waals surface area (Å²) >= 11 is 3.19. The average Bonchev–Trinajstić information content (AvgIpc) is 3.20. The van der Waals surface area contributed by atoms with Gasteiger partial charge in [-0.2, -0.15) is 5.26 Å². The molecule has 3 rings (SSSR count). The van der Waals surface area contributed by atoms with Crippen LogP contribution in [0.4, 0.5) is 0 Å². The van der Waals surface area contributed by atoms with Crippen molar-refractivity contribution in [2.24, 2.45) is 0 Å². The Kier molecular flexibility index (Phi) is 4.06. The van der Waals surface area contributed by atoms with E-state index in [0.29, 0.717) is 6.04 Å². The van der Waals surface area contributed by atoms with E-state index in [0.717, 1.165) is 27.0 Å². The molecule has 1 fully saturated rings. The highest BCUT2D eigenvalue weighted by molar-refractivity contribution is 8.01. The summed E-state index contributed by atoms with van der Waals surface area (Å²) < 4.78 is 0.989. The van der Waals surface area contributed by atoms with Gasteiger partial charge in [-0.1, -0.05) is 17.8 Å². The second-order valence-corrected chi connectivity index (χ2v) is 7.10.